The van der Waals surface area contributed by atoms with Crippen molar-refractivity contribution in [2.24, 2.45) is 11.7 Å². The highest BCUT2D eigenvalue weighted by molar-refractivity contribution is 5.96. The fourth-order valence-corrected chi connectivity index (χ4v) is 4.59. The van der Waals surface area contributed by atoms with Crippen LogP contribution >= 0.6 is 0 Å². The summed E-state index contributed by atoms with van der Waals surface area (Å²) in [6.45, 7) is 3.87. The summed E-state index contributed by atoms with van der Waals surface area (Å²) in [5.74, 6) is -0.873. The van der Waals surface area contributed by atoms with Gasteiger partial charge in [0.25, 0.3) is 11.5 Å². The summed E-state index contributed by atoms with van der Waals surface area (Å²) in [5, 5.41) is 15.2. The molecule has 9 nitrogen and oxygen atoms in total. The summed E-state index contributed by atoms with van der Waals surface area (Å²) >= 11 is 0. The molecule has 4 rings (SSSR count). The van der Waals surface area contributed by atoms with Gasteiger partial charge in [-0.25, -0.2) is 4.68 Å². The zero-order chi connectivity index (χ0) is 27.2. The standard InChI is InChI=1S/C29H33N5O4/c1-18(2)38-29(37)22-12-14-23(15-13-22)32-27(35)24-16-25(20-8-10-21(11-9-20)26(30)31)33-34(28(24)36)17-19-6-4-3-5-7-19/h3-11,16,18,22-23H,12-15,17H2,1-2H3,(H3,30,31)(H,32,35)/t22-,23-. The molecule has 0 saturated heterocycles. The maximum atomic E-state index is 13.4. The number of benzene rings is 2. The van der Waals surface area contributed by atoms with Crippen molar-refractivity contribution in [2.45, 2.75) is 58.2 Å². The first-order valence-electron chi connectivity index (χ1n) is 12.8. The lowest BCUT2D eigenvalue weighted by molar-refractivity contribution is -0.153. The van der Waals surface area contributed by atoms with Crippen molar-refractivity contribution in [3.63, 3.8) is 0 Å². The van der Waals surface area contributed by atoms with Crippen LogP contribution in [0.1, 0.15) is 61.0 Å². The summed E-state index contributed by atoms with van der Waals surface area (Å²) in [6.07, 6.45) is 2.36. The van der Waals surface area contributed by atoms with Crippen molar-refractivity contribution in [3.05, 3.63) is 87.7 Å². The zero-order valence-corrected chi connectivity index (χ0v) is 21.6. The van der Waals surface area contributed by atoms with Crippen LogP contribution in [0.25, 0.3) is 11.3 Å². The van der Waals surface area contributed by atoms with E-state index in [-0.39, 0.29) is 42.0 Å². The molecule has 2 aromatic carbocycles. The van der Waals surface area contributed by atoms with Crippen LogP contribution in [0.2, 0.25) is 0 Å². The number of nitrogen functional groups attached to an aromatic ring is 1. The van der Waals surface area contributed by atoms with Gasteiger partial charge in [0, 0.05) is 17.2 Å². The van der Waals surface area contributed by atoms with E-state index in [1.165, 1.54) is 10.7 Å². The maximum Gasteiger partial charge on any atom is 0.309 e. The minimum atomic E-state index is -0.482. The van der Waals surface area contributed by atoms with Crippen molar-refractivity contribution in [2.75, 3.05) is 0 Å². The fraction of sp³-hybridized carbons (Fsp3) is 0.345. The second kappa shape index (κ2) is 11.9. The number of ether oxygens (including phenoxy) is 1. The first-order valence-corrected chi connectivity index (χ1v) is 12.8. The first kappa shape index (κ1) is 26.8. The van der Waals surface area contributed by atoms with E-state index < -0.39 is 11.5 Å². The van der Waals surface area contributed by atoms with Crippen LogP contribution in [-0.4, -0.2) is 39.6 Å². The van der Waals surface area contributed by atoms with E-state index in [1.54, 1.807) is 24.3 Å². The SMILES string of the molecule is CC(C)OC(=O)[C@H]1CC[C@H](NC(=O)c2cc(-c3ccc(C(=N)N)cc3)nn(Cc3ccccc3)c2=O)CC1. The van der Waals surface area contributed by atoms with Gasteiger partial charge in [0.1, 0.15) is 11.4 Å². The summed E-state index contributed by atoms with van der Waals surface area (Å²) < 4.78 is 6.64. The number of carbonyl (C=O) groups is 2. The third-order valence-electron chi connectivity index (χ3n) is 6.63. The largest absolute Gasteiger partial charge is 0.463 e. The van der Waals surface area contributed by atoms with Gasteiger partial charge in [-0.05, 0) is 51.2 Å². The molecule has 0 aliphatic heterocycles. The second-order valence-electron chi connectivity index (χ2n) is 9.89. The number of rotatable bonds is 8. The molecule has 1 aliphatic carbocycles. The second-order valence-corrected chi connectivity index (χ2v) is 9.89. The van der Waals surface area contributed by atoms with E-state index >= 15 is 0 Å². The Morgan fingerprint density at radius 1 is 1.08 bits per heavy atom. The van der Waals surface area contributed by atoms with Gasteiger partial charge < -0.3 is 15.8 Å². The van der Waals surface area contributed by atoms with E-state index in [0.717, 1.165) is 5.56 Å². The molecule has 198 valence electrons. The van der Waals surface area contributed by atoms with E-state index in [2.05, 4.69) is 10.4 Å². The number of hydrogen-bond donors (Lipinski definition) is 3. The zero-order valence-electron chi connectivity index (χ0n) is 21.6. The van der Waals surface area contributed by atoms with Gasteiger partial charge in [0.2, 0.25) is 0 Å². The number of nitrogens with one attached hydrogen (secondary N) is 2. The molecule has 1 fully saturated rings. The Morgan fingerprint density at radius 3 is 2.34 bits per heavy atom. The normalized spacial score (nSPS) is 17.1. The average molecular weight is 516 g/mol. The van der Waals surface area contributed by atoms with Gasteiger partial charge in [-0.15, -0.1) is 0 Å². The predicted molar refractivity (Wildman–Crippen MR) is 145 cm³/mol. The van der Waals surface area contributed by atoms with Crippen molar-refractivity contribution in [1.82, 2.24) is 15.1 Å². The minimum absolute atomic E-state index is 0.00270. The molecule has 1 heterocycles. The van der Waals surface area contributed by atoms with Gasteiger partial charge in [-0.1, -0.05) is 54.6 Å². The van der Waals surface area contributed by atoms with Crippen LogP contribution in [0, 0.1) is 11.3 Å². The number of carbonyl (C=O) groups excluding carboxylic acids is 2. The molecule has 0 bridgehead atoms. The number of nitrogens with two attached hydrogens (primary N) is 1. The maximum absolute atomic E-state index is 13.4. The van der Waals surface area contributed by atoms with E-state index in [1.807, 2.05) is 44.2 Å². The van der Waals surface area contributed by atoms with E-state index in [4.69, 9.17) is 15.9 Å². The Balaban J connectivity index is 1.58. The van der Waals surface area contributed by atoms with Crippen LogP contribution in [-0.2, 0) is 16.1 Å². The number of nitrogens with zero attached hydrogens (tertiary/aromatic N) is 2. The molecular formula is C29H33N5O4. The molecule has 1 aromatic heterocycles. The Morgan fingerprint density at radius 2 is 1.74 bits per heavy atom. The lowest BCUT2D eigenvalue weighted by Gasteiger charge is -2.28. The van der Waals surface area contributed by atoms with Crippen LogP contribution in [0.15, 0.2) is 65.5 Å². The first-order chi connectivity index (χ1) is 18.2. The quantitative estimate of drug-likeness (QED) is 0.238. The highest BCUT2D eigenvalue weighted by atomic mass is 16.5. The smallest absolute Gasteiger partial charge is 0.309 e. The number of aromatic nitrogens is 2. The molecule has 0 atom stereocenters. The predicted octanol–water partition coefficient (Wildman–Crippen LogP) is 3.48. The molecule has 0 radical (unpaired) electrons. The lowest BCUT2D eigenvalue weighted by Crippen LogP contribution is -2.42. The molecule has 0 spiro atoms. The van der Waals surface area contributed by atoms with Gasteiger partial charge in [0.05, 0.1) is 24.3 Å². The van der Waals surface area contributed by atoms with Crippen molar-refractivity contribution in [3.8, 4) is 11.3 Å². The van der Waals surface area contributed by atoms with Gasteiger partial charge in [0.15, 0.2) is 0 Å². The van der Waals surface area contributed by atoms with Crippen molar-refractivity contribution in [1.29, 1.82) is 5.41 Å². The summed E-state index contributed by atoms with van der Waals surface area (Å²) in [4.78, 5) is 38.9. The highest BCUT2D eigenvalue weighted by Crippen LogP contribution is 2.26. The summed E-state index contributed by atoms with van der Waals surface area (Å²) in [6, 6.07) is 17.7. The van der Waals surface area contributed by atoms with Crippen LogP contribution in [0.5, 0.6) is 0 Å². The molecule has 1 aliphatic rings. The number of esters is 1. The van der Waals surface area contributed by atoms with Gasteiger partial charge in [-0.2, -0.15) is 5.10 Å². The lowest BCUT2D eigenvalue weighted by atomic mass is 9.86. The number of amidine groups is 1. The van der Waals surface area contributed by atoms with E-state index in [9.17, 15) is 14.4 Å². The minimum Gasteiger partial charge on any atom is -0.463 e. The van der Waals surface area contributed by atoms with Crippen LogP contribution < -0.4 is 16.6 Å². The molecule has 0 unspecified atom stereocenters. The van der Waals surface area contributed by atoms with Crippen LogP contribution in [0.3, 0.4) is 0 Å². The number of amides is 1. The topological polar surface area (TPSA) is 140 Å². The highest BCUT2D eigenvalue weighted by Gasteiger charge is 2.29. The van der Waals surface area contributed by atoms with Gasteiger partial charge >= 0.3 is 5.97 Å². The number of hydrogen-bond acceptors (Lipinski definition) is 6. The Kier molecular flexibility index (Phi) is 8.35. The Hall–Kier alpha value is -4.27. The molecule has 4 N–H and O–H groups in total. The third-order valence-corrected chi connectivity index (χ3v) is 6.63. The fourth-order valence-electron chi connectivity index (χ4n) is 4.59. The Labute approximate surface area is 221 Å². The summed E-state index contributed by atoms with van der Waals surface area (Å²) in [5.41, 5.74) is 7.69. The van der Waals surface area contributed by atoms with E-state index in [0.29, 0.717) is 42.5 Å². The average Bonchev–Trinajstić information content (AvgIpc) is 2.90. The third kappa shape index (κ3) is 6.53. The van der Waals surface area contributed by atoms with Gasteiger partial charge in [-0.3, -0.25) is 19.8 Å². The molecule has 38 heavy (non-hydrogen) atoms. The Bertz CT molecular complexity index is 1360. The summed E-state index contributed by atoms with van der Waals surface area (Å²) in [7, 11) is 0. The molecule has 3 aromatic rings. The molecule has 9 heteroatoms. The monoisotopic (exact) mass is 515 g/mol. The molecular weight excluding hydrogens is 482 g/mol. The molecule has 1 amide bonds. The van der Waals surface area contributed by atoms with Crippen molar-refractivity contribution >= 4 is 17.7 Å². The van der Waals surface area contributed by atoms with Crippen molar-refractivity contribution < 1.29 is 14.3 Å². The molecule has 1 saturated carbocycles. The van der Waals surface area contributed by atoms with Crippen LogP contribution in [0.4, 0.5) is 0 Å².